The topological polar surface area (TPSA) is 34.1 Å². The zero-order valence-electron chi connectivity index (χ0n) is 6.20. The molecule has 1 rings (SSSR count). The van der Waals surface area contributed by atoms with Crippen LogP contribution in [0.15, 0.2) is 24.3 Å². The fourth-order valence-corrected chi connectivity index (χ4v) is 0.913. The van der Waals surface area contributed by atoms with Crippen LogP contribution in [0.4, 0.5) is 0 Å². The summed E-state index contributed by atoms with van der Waals surface area (Å²) in [5.74, 6) is -0.455. The summed E-state index contributed by atoms with van der Waals surface area (Å²) in [5.41, 5.74) is 1.33. The monoisotopic (exact) mass is 148 g/mol. The minimum atomic E-state index is -0.455. The van der Waals surface area contributed by atoms with Crippen LogP contribution in [0.5, 0.6) is 0 Å². The Labute approximate surface area is 64.8 Å². The quantitative estimate of drug-likeness (QED) is 0.360. The molecule has 0 aliphatic heterocycles. The molecule has 56 valence electrons. The van der Waals surface area contributed by atoms with Crippen LogP contribution in [0.2, 0.25) is 0 Å². The van der Waals surface area contributed by atoms with E-state index in [0.717, 1.165) is 5.56 Å². The fourth-order valence-electron chi connectivity index (χ4n) is 0.913. The predicted octanol–water partition coefficient (Wildman–Crippen LogP) is 1.38. The highest BCUT2D eigenvalue weighted by Gasteiger charge is 2.04. The van der Waals surface area contributed by atoms with Crippen molar-refractivity contribution in [3.8, 4) is 0 Å². The summed E-state index contributed by atoms with van der Waals surface area (Å²) < 4.78 is 0. The maximum atomic E-state index is 10.9. The molecule has 2 nitrogen and oxygen atoms in total. The molecule has 0 spiro atoms. The van der Waals surface area contributed by atoms with Crippen LogP contribution in [0.25, 0.3) is 0 Å². The van der Waals surface area contributed by atoms with Gasteiger partial charge in [-0.25, -0.2) is 0 Å². The SMILES string of the molecule is Cc1ccccc1C(=O)C=O. The summed E-state index contributed by atoms with van der Waals surface area (Å²) in [6, 6.07) is 7.02. The van der Waals surface area contributed by atoms with Crippen molar-refractivity contribution in [3.63, 3.8) is 0 Å². The Hall–Kier alpha value is -1.44. The van der Waals surface area contributed by atoms with Crippen LogP contribution >= 0.6 is 0 Å². The third-order valence-electron chi connectivity index (χ3n) is 1.52. The first-order valence-corrected chi connectivity index (χ1v) is 3.31. The van der Waals surface area contributed by atoms with Gasteiger partial charge in [0.1, 0.15) is 0 Å². The zero-order valence-corrected chi connectivity index (χ0v) is 6.20. The average molecular weight is 148 g/mol. The first-order chi connectivity index (χ1) is 5.25. The van der Waals surface area contributed by atoms with E-state index in [1.165, 1.54) is 0 Å². The zero-order chi connectivity index (χ0) is 8.27. The number of rotatable bonds is 2. The molecule has 0 bridgehead atoms. The van der Waals surface area contributed by atoms with E-state index in [9.17, 15) is 9.59 Å². The fraction of sp³-hybridized carbons (Fsp3) is 0.111. The minimum Gasteiger partial charge on any atom is -0.294 e. The molecule has 0 saturated carbocycles. The molecule has 1 aromatic carbocycles. The van der Waals surface area contributed by atoms with E-state index in [1.54, 1.807) is 25.1 Å². The number of aryl methyl sites for hydroxylation is 1. The molecule has 0 aliphatic carbocycles. The molecule has 0 atom stereocenters. The molecule has 0 heterocycles. The van der Waals surface area contributed by atoms with E-state index in [1.807, 2.05) is 6.07 Å². The molecule has 11 heavy (non-hydrogen) atoms. The van der Waals surface area contributed by atoms with Crippen LogP contribution in [-0.2, 0) is 4.79 Å². The summed E-state index contributed by atoms with van der Waals surface area (Å²) >= 11 is 0. The van der Waals surface area contributed by atoms with Gasteiger partial charge in [0.2, 0.25) is 5.78 Å². The molecule has 0 amide bonds. The number of ketones is 1. The van der Waals surface area contributed by atoms with Crippen molar-refractivity contribution >= 4 is 12.1 Å². The molecular formula is C9H8O2. The van der Waals surface area contributed by atoms with E-state index >= 15 is 0 Å². The molecule has 0 saturated heterocycles. The summed E-state index contributed by atoms with van der Waals surface area (Å²) in [4.78, 5) is 21.0. The highest BCUT2D eigenvalue weighted by Crippen LogP contribution is 2.05. The molecule has 0 aromatic heterocycles. The average Bonchev–Trinajstić information content (AvgIpc) is 2.04. The molecule has 0 unspecified atom stereocenters. The second-order valence-electron chi connectivity index (χ2n) is 2.30. The smallest absolute Gasteiger partial charge is 0.225 e. The molecule has 0 aliphatic rings. The maximum absolute atomic E-state index is 10.9. The van der Waals surface area contributed by atoms with E-state index < -0.39 is 5.78 Å². The molecule has 0 radical (unpaired) electrons. The molecular weight excluding hydrogens is 140 g/mol. The van der Waals surface area contributed by atoms with Gasteiger partial charge in [0.15, 0.2) is 6.29 Å². The van der Waals surface area contributed by atoms with E-state index in [2.05, 4.69) is 0 Å². The number of aldehydes is 1. The van der Waals surface area contributed by atoms with Crippen molar-refractivity contribution in [3.05, 3.63) is 35.4 Å². The van der Waals surface area contributed by atoms with Crippen molar-refractivity contribution in [1.82, 2.24) is 0 Å². The summed E-state index contributed by atoms with van der Waals surface area (Å²) in [5, 5.41) is 0. The van der Waals surface area contributed by atoms with Crippen molar-refractivity contribution < 1.29 is 9.59 Å². The van der Waals surface area contributed by atoms with Gasteiger partial charge in [-0.2, -0.15) is 0 Å². The van der Waals surface area contributed by atoms with Gasteiger partial charge < -0.3 is 0 Å². The Kier molecular flexibility index (Phi) is 2.16. The normalized spacial score (nSPS) is 9.18. The van der Waals surface area contributed by atoms with E-state index in [4.69, 9.17) is 0 Å². The lowest BCUT2D eigenvalue weighted by Crippen LogP contribution is -2.01. The van der Waals surface area contributed by atoms with Crippen LogP contribution in [0.1, 0.15) is 15.9 Å². The summed E-state index contributed by atoms with van der Waals surface area (Å²) in [6.07, 6.45) is 0.336. The summed E-state index contributed by atoms with van der Waals surface area (Å²) in [7, 11) is 0. The molecule has 2 heteroatoms. The first-order valence-electron chi connectivity index (χ1n) is 3.31. The van der Waals surface area contributed by atoms with Crippen molar-refractivity contribution in [2.24, 2.45) is 0 Å². The first kappa shape index (κ1) is 7.66. The second kappa shape index (κ2) is 3.10. The Bertz CT molecular complexity index is 289. The minimum absolute atomic E-state index is 0.336. The Morgan fingerprint density at radius 2 is 2.00 bits per heavy atom. The molecule has 1 aromatic rings. The highest BCUT2D eigenvalue weighted by atomic mass is 16.2. The van der Waals surface area contributed by atoms with Crippen molar-refractivity contribution in [2.75, 3.05) is 0 Å². The lowest BCUT2D eigenvalue weighted by molar-refractivity contribution is -0.104. The number of benzene rings is 1. The summed E-state index contributed by atoms with van der Waals surface area (Å²) in [6.45, 7) is 1.80. The highest BCUT2D eigenvalue weighted by molar-refractivity contribution is 6.33. The van der Waals surface area contributed by atoms with Gasteiger partial charge in [-0.1, -0.05) is 24.3 Å². The number of carbonyl (C=O) groups excluding carboxylic acids is 2. The van der Waals surface area contributed by atoms with Gasteiger partial charge in [0, 0.05) is 5.56 Å². The second-order valence-corrected chi connectivity index (χ2v) is 2.30. The van der Waals surface area contributed by atoms with Gasteiger partial charge in [-0.05, 0) is 12.5 Å². The van der Waals surface area contributed by atoms with Gasteiger partial charge in [-0.3, -0.25) is 9.59 Å². The van der Waals surface area contributed by atoms with Gasteiger partial charge in [-0.15, -0.1) is 0 Å². The van der Waals surface area contributed by atoms with Gasteiger partial charge in [0.25, 0.3) is 0 Å². The maximum Gasteiger partial charge on any atom is 0.225 e. The Balaban J connectivity index is 3.13. The van der Waals surface area contributed by atoms with Crippen LogP contribution < -0.4 is 0 Å². The Morgan fingerprint density at radius 3 is 2.55 bits per heavy atom. The molecule has 0 fully saturated rings. The van der Waals surface area contributed by atoms with E-state index in [0.29, 0.717) is 11.8 Å². The van der Waals surface area contributed by atoms with Gasteiger partial charge >= 0.3 is 0 Å². The lowest BCUT2D eigenvalue weighted by Gasteiger charge is -1.97. The number of hydrogen-bond donors (Lipinski definition) is 0. The number of carbonyl (C=O) groups is 2. The number of Topliss-reactive ketones (excluding diaryl/α,β-unsaturated/α-hetero) is 1. The third-order valence-corrected chi connectivity index (χ3v) is 1.52. The largest absolute Gasteiger partial charge is 0.294 e. The van der Waals surface area contributed by atoms with Crippen LogP contribution in [-0.4, -0.2) is 12.1 Å². The van der Waals surface area contributed by atoms with Crippen molar-refractivity contribution in [2.45, 2.75) is 6.92 Å². The van der Waals surface area contributed by atoms with Crippen molar-refractivity contribution in [1.29, 1.82) is 0 Å². The van der Waals surface area contributed by atoms with Gasteiger partial charge in [0.05, 0.1) is 0 Å². The predicted molar refractivity (Wildman–Crippen MR) is 41.6 cm³/mol. The van der Waals surface area contributed by atoms with Crippen LogP contribution in [0, 0.1) is 6.92 Å². The Morgan fingerprint density at radius 1 is 1.36 bits per heavy atom. The van der Waals surface area contributed by atoms with E-state index in [-0.39, 0.29) is 0 Å². The lowest BCUT2D eigenvalue weighted by atomic mass is 10.1. The molecule has 0 N–H and O–H groups in total. The van der Waals surface area contributed by atoms with Crippen LogP contribution in [0.3, 0.4) is 0 Å². The third kappa shape index (κ3) is 1.52. The standard InChI is InChI=1S/C9H8O2/c1-7-4-2-3-5-8(7)9(11)6-10/h2-6H,1H3. The number of hydrogen-bond acceptors (Lipinski definition) is 2.